The molecule has 1 heterocycles. The summed E-state index contributed by atoms with van der Waals surface area (Å²) in [6, 6.07) is 0.454. The van der Waals surface area contributed by atoms with Crippen LogP contribution in [0.25, 0.3) is 0 Å². The summed E-state index contributed by atoms with van der Waals surface area (Å²) in [6.07, 6.45) is 2.08. The van der Waals surface area contributed by atoms with E-state index in [-0.39, 0.29) is 0 Å². The maximum Gasteiger partial charge on any atom is 0.0669 e. The molecular weight excluding hydrogens is 198 g/mol. The third-order valence-corrected chi connectivity index (χ3v) is 2.91. The molecule has 0 spiro atoms. The molecule has 0 atom stereocenters. The molecule has 3 nitrogen and oxygen atoms in total. The van der Waals surface area contributed by atoms with Crippen LogP contribution in [0.2, 0.25) is 0 Å². The Morgan fingerprint density at radius 2 is 1.88 bits per heavy atom. The van der Waals surface area contributed by atoms with Gasteiger partial charge in [0.25, 0.3) is 0 Å². The Hall–Kier alpha value is -0.830. The summed E-state index contributed by atoms with van der Waals surface area (Å²) in [5.74, 6) is 0. The van der Waals surface area contributed by atoms with Gasteiger partial charge in [-0.3, -0.25) is 4.68 Å². The van der Waals surface area contributed by atoms with Crippen molar-refractivity contribution < 1.29 is 0 Å². The Bertz CT molecular complexity index is 326. The number of hydrogen-bond donors (Lipinski definition) is 1. The highest BCUT2D eigenvalue weighted by molar-refractivity contribution is 5.27. The van der Waals surface area contributed by atoms with Crippen molar-refractivity contribution in [2.75, 3.05) is 6.54 Å². The van der Waals surface area contributed by atoms with Crippen LogP contribution >= 0.6 is 0 Å². The smallest absolute Gasteiger partial charge is 0.0669 e. The van der Waals surface area contributed by atoms with Crippen LogP contribution in [0.3, 0.4) is 0 Å². The van der Waals surface area contributed by atoms with Gasteiger partial charge in [0.05, 0.1) is 5.69 Å². The molecule has 0 saturated carbocycles. The minimum absolute atomic E-state index is 0.454. The van der Waals surface area contributed by atoms with Crippen LogP contribution in [-0.4, -0.2) is 16.3 Å². The lowest BCUT2D eigenvalue weighted by atomic mass is 10.1. The Morgan fingerprint density at radius 3 is 2.31 bits per heavy atom. The Labute approximate surface area is 99.2 Å². The molecule has 16 heavy (non-hydrogen) atoms. The van der Waals surface area contributed by atoms with E-state index in [4.69, 9.17) is 5.10 Å². The molecule has 0 bridgehead atoms. The van der Waals surface area contributed by atoms with Crippen molar-refractivity contribution >= 4 is 0 Å². The van der Waals surface area contributed by atoms with E-state index in [1.807, 2.05) is 0 Å². The van der Waals surface area contributed by atoms with Crippen molar-refractivity contribution in [1.82, 2.24) is 15.1 Å². The zero-order valence-corrected chi connectivity index (χ0v) is 11.3. The Balaban J connectivity index is 3.09. The van der Waals surface area contributed by atoms with E-state index in [1.165, 1.54) is 17.0 Å². The van der Waals surface area contributed by atoms with Crippen molar-refractivity contribution in [3.05, 3.63) is 17.0 Å². The summed E-state index contributed by atoms with van der Waals surface area (Å²) in [5, 5.41) is 8.14. The zero-order valence-electron chi connectivity index (χ0n) is 11.3. The molecule has 0 amide bonds. The van der Waals surface area contributed by atoms with Gasteiger partial charge in [-0.05, 0) is 33.2 Å². The average molecular weight is 223 g/mol. The Morgan fingerprint density at radius 1 is 1.19 bits per heavy atom. The first kappa shape index (κ1) is 13.2. The molecule has 92 valence electrons. The highest BCUT2D eigenvalue weighted by atomic mass is 15.3. The minimum Gasteiger partial charge on any atom is -0.313 e. The monoisotopic (exact) mass is 223 g/mol. The van der Waals surface area contributed by atoms with Crippen molar-refractivity contribution in [1.29, 1.82) is 0 Å². The molecule has 0 unspecified atom stereocenters. The van der Waals surface area contributed by atoms with Gasteiger partial charge in [0, 0.05) is 23.8 Å². The van der Waals surface area contributed by atoms with Crippen LogP contribution in [-0.2, 0) is 19.4 Å². The van der Waals surface area contributed by atoms with E-state index in [9.17, 15) is 0 Å². The summed E-state index contributed by atoms with van der Waals surface area (Å²) < 4.78 is 2.19. The number of aromatic nitrogens is 2. The van der Waals surface area contributed by atoms with E-state index >= 15 is 0 Å². The molecule has 0 fully saturated rings. The fraction of sp³-hybridized carbons (Fsp3) is 0.769. The number of rotatable bonds is 6. The van der Waals surface area contributed by atoms with E-state index in [0.29, 0.717) is 6.04 Å². The quantitative estimate of drug-likeness (QED) is 0.803. The van der Waals surface area contributed by atoms with E-state index in [0.717, 1.165) is 25.9 Å². The number of nitrogens with zero attached hydrogens (tertiary/aromatic N) is 2. The predicted octanol–water partition coefficient (Wildman–Crippen LogP) is 2.70. The molecule has 0 aliphatic heterocycles. The molecule has 0 aliphatic carbocycles. The van der Waals surface area contributed by atoms with Crippen LogP contribution in [0.15, 0.2) is 0 Å². The van der Waals surface area contributed by atoms with Crippen LogP contribution < -0.4 is 5.32 Å². The first-order chi connectivity index (χ1) is 7.65. The second-order valence-corrected chi connectivity index (χ2v) is 4.40. The fourth-order valence-electron chi connectivity index (χ4n) is 2.10. The lowest BCUT2D eigenvalue weighted by molar-refractivity contribution is 0.506. The second kappa shape index (κ2) is 6.04. The molecular formula is C13H25N3. The third-order valence-electron chi connectivity index (χ3n) is 2.91. The first-order valence-corrected chi connectivity index (χ1v) is 6.45. The maximum atomic E-state index is 4.73. The lowest BCUT2D eigenvalue weighted by Gasteiger charge is -2.11. The molecule has 1 N–H and O–H groups in total. The number of hydrogen-bond acceptors (Lipinski definition) is 2. The van der Waals surface area contributed by atoms with Gasteiger partial charge in [-0.15, -0.1) is 0 Å². The molecule has 0 radical (unpaired) electrons. The molecule has 1 rings (SSSR count). The summed E-state index contributed by atoms with van der Waals surface area (Å²) >= 11 is 0. The predicted molar refractivity (Wildman–Crippen MR) is 68.7 cm³/mol. The summed E-state index contributed by atoms with van der Waals surface area (Å²) in [4.78, 5) is 0. The first-order valence-electron chi connectivity index (χ1n) is 6.45. The molecule has 1 aromatic rings. The highest BCUT2D eigenvalue weighted by Crippen LogP contribution is 2.19. The normalized spacial score (nSPS) is 11.4. The van der Waals surface area contributed by atoms with Crippen molar-refractivity contribution in [3.63, 3.8) is 0 Å². The van der Waals surface area contributed by atoms with Crippen molar-refractivity contribution in [2.45, 2.75) is 60.0 Å². The SMILES string of the molecule is CCNCc1c(CC)nn(C(C)C)c1CC. The van der Waals surface area contributed by atoms with Gasteiger partial charge in [-0.25, -0.2) is 0 Å². The highest BCUT2D eigenvalue weighted by Gasteiger charge is 2.16. The average Bonchev–Trinajstić information content (AvgIpc) is 2.63. The maximum absolute atomic E-state index is 4.73. The van der Waals surface area contributed by atoms with Gasteiger partial charge in [0.1, 0.15) is 0 Å². The summed E-state index contributed by atoms with van der Waals surface area (Å²) in [5.41, 5.74) is 4.07. The molecule has 1 aromatic heterocycles. The van der Waals surface area contributed by atoms with Gasteiger partial charge in [-0.1, -0.05) is 20.8 Å². The third kappa shape index (κ3) is 2.64. The zero-order chi connectivity index (χ0) is 12.1. The second-order valence-electron chi connectivity index (χ2n) is 4.40. The minimum atomic E-state index is 0.454. The van der Waals surface area contributed by atoms with E-state index in [1.54, 1.807) is 0 Å². The van der Waals surface area contributed by atoms with Crippen molar-refractivity contribution in [3.8, 4) is 0 Å². The fourth-order valence-corrected chi connectivity index (χ4v) is 2.10. The lowest BCUT2D eigenvalue weighted by Crippen LogP contribution is -2.14. The topological polar surface area (TPSA) is 29.9 Å². The van der Waals surface area contributed by atoms with Crippen molar-refractivity contribution in [2.24, 2.45) is 0 Å². The van der Waals surface area contributed by atoms with Crippen LogP contribution in [0.5, 0.6) is 0 Å². The van der Waals surface area contributed by atoms with Crippen LogP contribution in [0.4, 0.5) is 0 Å². The van der Waals surface area contributed by atoms with Gasteiger partial charge >= 0.3 is 0 Å². The standard InChI is InChI=1S/C13H25N3/c1-6-12-11(9-14-8-3)13(7-2)16(15-12)10(4)5/h10,14H,6-9H2,1-5H3. The molecule has 3 heteroatoms. The molecule has 0 aliphatic rings. The summed E-state index contributed by atoms with van der Waals surface area (Å²) in [7, 11) is 0. The van der Waals surface area contributed by atoms with Crippen LogP contribution in [0, 0.1) is 0 Å². The van der Waals surface area contributed by atoms with Gasteiger partial charge in [0.15, 0.2) is 0 Å². The largest absolute Gasteiger partial charge is 0.313 e. The van der Waals surface area contributed by atoms with Crippen LogP contribution in [0.1, 0.15) is 57.6 Å². The van der Waals surface area contributed by atoms with Gasteiger partial charge < -0.3 is 5.32 Å². The van der Waals surface area contributed by atoms with Gasteiger partial charge in [0.2, 0.25) is 0 Å². The number of aryl methyl sites for hydroxylation is 1. The summed E-state index contributed by atoms with van der Waals surface area (Å²) in [6.45, 7) is 12.9. The number of nitrogens with one attached hydrogen (secondary N) is 1. The van der Waals surface area contributed by atoms with E-state index in [2.05, 4.69) is 44.6 Å². The van der Waals surface area contributed by atoms with E-state index < -0.39 is 0 Å². The van der Waals surface area contributed by atoms with Gasteiger partial charge in [-0.2, -0.15) is 5.10 Å². The Kier molecular flexibility index (Phi) is 5.00. The molecule has 0 saturated heterocycles. The molecule has 0 aromatic carbocycles.